The van der Waals surface area contributed by atoms with E-state index in [0.717, 1.165) is 6.20 Å². The fourth-order valence-electron chi connectivity index (χ4n) is 1.98. The minimum Gasteiger partial charge on any atom is -0.377 e. The Balaban J connectivity index is 2.24. The fourth-order valence-corrected chi connectivity index (χ4v) is 1.98. The number of halogens is 2. The Bertz CT molecular complexity index is 644. The maximum atomic E-state index is 13.4. The number of nitrogens with zero attached hydrogens (tertiary/aromatic N) is 1. The summed E-state index contributed by atoms with van der Waals surface area (Å²) in [7, 11) is 0. The Morgan fingerprint density at radius 2 is 2.10 bits per heavy atom. The second-order valence-corrected chi connectivity index (χ2v) is 4.57. The van der Waals surface area contributed by atoms with Gasteiger partial charge < -0.3 is 11.1 Å². The van der Waals surface area contributed by atoms with Crippen molar-refractivity contribution >= 4 is 11.6 Å². The zero-order valence-corrected chi connectivity index (χ0v) is 11.4. The lowest BCUT2D eigenvalue weighted by atomic mass is 10.1. The summed E-state index contributed by atoms with van der Waals surface area (Å²) in [6, 6.07) is 6.75. The first kappa shape index (κ1) is 14.9. The molecule has 1 atom stereocenters. The van der Waals surface area contributed by atoms with Crippen molar-refractivity contribution < 1.29 is 13.6 Å². The highest BCUT2D eigenvalue weighted by Crippen LogP contribution is 2.23. The van der Waals surface area contributed by atoms with Gasteiger partial charge in [0.2, 0.25) is 0 Å². The molecule has 6 heteroatoms. The van der Waals surface area contributed by atoms with Gasteiger partial charge in [-0.25, -0.2) is 8.78 Å². The molecule has 1 amide bonds. The number of pyridine rings is 1. The van der Waals surface area contributed by atoms with Crippen LogP contribution in [0.2, 0.25) is 0 Å². The molecule has 2 rings (SSSR count). The van der Waals surface area contributed by atoms with Crippen LogP contribution in [0.4, 0.5) is 14.5 Å². The number of hydrogen-bond donors (Lipinski definition) is 2. The van der Waals surface area contributed by atoms with Crippen molar-refractivity contribution in [2.75, 3.05) is 5.32 Å². The number of carbonyl (C=O) groups excluding carboxylic acids is 1. The Labute approximate surface area is 121 Å². The van der Waals surface area contributed by atoms with Crippen molar-refractivity contribution in [3.63, 3.8) is 0 Å². The van der Waals surface area contributed by atoms with Crippen molar-refractivity contribution in [3.05, 3.63) is 59.4 Å². The van der Waals surface area contributed by atoms with Crippen LogP contribution < -0.4 is 11.1 Å². The van der Waals surface area contributed by atoms with Gasteiger partial charge in [-0.1, -0.05) is 6.92 Å². The maximum absolute atomic E-state index is 13.4. The Kier molecular flexibility index (Phi) is 4.47. The first-order chi connectivity index (χ1) is 10.0. The molecule has 1 unspecified atom stereocenters. The van der Waals surface area contributed by atoms with Crippen molar-refractivity contribution in [1.29, 1.82) is 0 Å². The van der Waals surface area contributed by atoms with Gasteiger partial charge in [0.1, 0.15) is 11.6 Å². The summed E-state index contributed by atoms with van der Waals surface area (Å²) < 4.78 is 26.3. The summed E-state index contributed by atoms with van der Waals surface area (Å²) in [6.07, 6.45) is 1.82. The molecule has 110 valence electrons. The van der Waals surface area contributed by atoms with Gasteiger partial charge in [0.05, 0.1) is 23.5 Å². The number of aromatic nitrogens is 1. The highest BCUT2D eigenvalue weighted by molar-refractivity contribution is 5.94. The molecule has 0 saturated heterocycles. The number of primary amides is 1. The van der Waals surface area contributed by atoms with Crippen LogP contribution in [0.5, 0.6) is 0 Å². The number of benzene rings is 1. The van der Waals surface area contributed by atoms with E-state index in [1.807, 2.05) is 6.92 Å². The molecule has 21 heavy (non-hydrogen) atoms. The number of rotatable bonds is 5. The second-order valence-electron chi connectivity index (χ2n) is 4.57. The number of nitrogens with two attached hydrogens (primary N) is 1. The van der Waals surface area contributed by atoms with Gasteiger partial charge in [-0.2, -0.15) is 0 Å². The zero-order chi connectivity index (χ0) is 15.4. The van der Waals surface area contributed by atoms with Gasteiger partial charge in [0.15, 0.2) is 0 Å². The first-order valence-corrected chi connectivity index (χ1v) is 6.48. The number of anilines is 1. The Hall–Kier alpha value is -2.50. The number of carbonyl (C=O) groups is 1. The van der Waals surface area contributed by atoms with Gasteiger partial charge >= 0.3 is 0 Å². The van der Waals surface area contributed by atoms with Crippen LogP contribution in [0.15, 0.2) is 36.5 Å². The largest absolute Gasteiger partial charge is 0.377 e. The topological polar surface area (TPSA) is 68.0 Å². The van der Waals surface area contributed by atoms with Gasteiger partial charge in [-0.15, -0.1) is 0 Å². The molecule has 3 N–H and O–H groups in total. The van der Waals surface area contributed by atoms with Crippen molar-refractivity contribution in [3.8, 4) is 0 Å². The predicted octanol–water partition coefficient (Wildman–Crippen LogP) is 3.02. The lowest BCUT2D eigenvalue weighted by Gasteiger charge is -2.18. The highest BCUT2D eigenvalue weighted by atomic mass is 19.1. The van der Waals surface area contributed by atoms with Crippen molar-refractivity contribution in [2.24, 2.45) is 5.73 Å². The molecule has 0 saturated carbocycles. The Morgan fingerprint density at radius 1 is 1.33 bits per heavy atom. The van der Waals surface area contributed by atoms with Crippen molar-refractivity contribution in [1.82, 2.24) is 4.98 Å². The molecule has 0 fully saturated rings. The standard InChI is InChI=1S/C15H15F2N3O/c1-2-13(14-6-3-9(16)8-19-14)20-10-4-5-12(17)11(7-10)15(18)21/h3-8,13,20H,2H2,1H3,(H2,18,21). The first-order valence-electron chi connectivity index (χ1n) is 6.48. The average Bonchev–Trinajstić information content (AvgIpc) is 2.47. The number of nitrogens with one attached hydrogen (secondary N) is 1. The van der Waals surface area contributed by atoms with E-state index in [4.69, 9.17) is 5.73 Å². The van der Waals surface area contributed by atoms with Crippen molar-refractivity contribution in [2.45, 2.75) is 19.4 Å². The lowest BCUT2D eigenvalue weighted by molar-refractivity contribution is 0.0996. The van der Waals surface area contributed by atoms with Gasteiger partial charge in [-0.3, -0.25) is 9.78 Å². The van der Waals surface area contributed by atoms with E-state index in [1.165, 1.54) is 24.3 Å². The molecule has 0 spiro atoms. The lowest BCUT2D eigenvalue weighted by Crippen LogP contribution is -2.15. The third kappa shape index (κ3) is 3.53. The molecule has 0 aliphatic heterocycles. The normalized spacial score (nSPS) is 12.0. The van der Waals surface area contributed by atoms with Crippen LogP contribution in [0.1, 0.15) is 35.4 Å². The molecule has 1 aromatic carbocycles. The van der Waals surface area contributed by atoms with E-state index in [9.17, 15) is 13.6 Å². The predicted molar refractivity (Wildman–Crippen MR) is 75.8 cm³/mol. The molecule has 1 aromatic heterocycles. The van der Waals surface area contributed by atoms with Gasteiger partial charge in [0.25, 0.3) is 5.91 Å². The van der Waals surface area contributed by atoms with E-state index in [2.05, 4.69) is 10.3 Å². The smallest absolute Gasteiger partial charge is 0.251 e. The van der Waals surface area contributed by atoms with Gasteiger partial charge in [0, 0.05) is 5.69 Å². The molecule has 1 heterocycles. The minimum atomic E-state index is -0.830. The summed E-state index contributed by atoms with van der Waals surface area (Å²) in [5.41, 5.74) is 6.14. The third-order valence-electron chi connectivity index (χ3n) is 3.09. The maximum Gasteiger partial charge on any atom is 0.251 e. The van der Waals surface area contributed by atoms with Crippen LogP contribution in [-0.4, -0.2) is 10.9 Å². The van der Waals surface area contributed by atoms with Crippen LogP contribution in [0.25, 0.3) is 0 Å². The molecule has 2 aromatic rings. The molecule has 0 aliphatic rings. The monoisotopic (exact) mass is 291 g/mol. The quantitative estimate of drug-likeness (QED) is 0.889. The summed E-state index contributed by atoms with van der Waals surface area (Å²) in [5.74, 6) is -1.91. The van der Waals surface area contributed by atoms with Crippen LogP contribution >= 0.6 is 0 Å². The van der Waals surface area contributed by atoms with E-state index in [1.54, 1.807) is 6.07 Å². The Morgan fingerprint density at radius 3 is 2.67 bits per heavy atom. The second kappa shape index (κ2) is 6.30. The molecular formula is C15H15F2N3O. The SMILES string of the molecule is CCC(Nc1ccc(F)c(C(N)=O)c1)c1ccc(F)cn1. The van der Waals surface area contributed by atoms with Crippen LogP contribution in [0.3, 0.4) is 0 Å². The summed E-state index contributed by atoms with van der Waals surface area (Å²) in [5, 5.41) is 3.13. The molecule has 0 aliphatic carbocycles. The van der Waals surface area contributed by atoms with E-state index < -0.39 is 17.5 Å². The van der Waals surface area contributed by atoms with Crippen LogP contribution in [0, 0.1) is 11.6 Å². The number of amides is 1. The van der Waals surface area contributed by atoms with Gasteiger partial charge in [-0.05, 0) is 36.8 Å². The zero-order valence-electron chi connectivity index (χ0n) is 11.4. The van der Waals surface area contributed by atoms with E-state index in [-0.39, 0.29) is 11.6 Å². The summed E-state index contributed by atoms with van der Waals surface area (Å²) in [6.45, 7) is 1.93. The molecule has 0 radical (unpaired) electrons. The molecular weight excluding hydrogens is 276 g/mol. The van der Waals surface area contributed by atoms with Crippen LogP contribution in [-0.2, 0) is 0 Å². The van der Waals surface area contributed by atoms with E-state index in [0.29, 0.717) is 17.8 Å². The van der Waals surface area contributed by atoms with E-state index >= 15 is 0 Å². The fraction of sp³-hybridized carbons (Fsp3) is 0.200. The summed E-state index contributed by atoms with van der Waals surface area (Å²) in [4.78, 5) is 15.2. The third-order valence-corrected chi connectivity index (χ3v) is 3.09. The summed E-state index contributed by atoms with van der Waals surface area (Å²) >= 11 is 0. The molecule has 4 nitrogen and oxygen atoms in total. The minimum absolute atomic E-state index is 0.179. The average molecular weight is 291 g/mol. The number of hydrogen-bond acceptors (Lipinski definition) is 3. The highest BCUT2D eigenvalue weighted by Gasteiger charge is 2.13. The molecule has 0 bridgehead atoms.